The van der Waals surface area contributed by atoms with E-state index in [0.29, 0.717) is 10.9 Å². The second kappa shape index (κ2) is 3.68. The Kier molecular flexibility index (Phi) is 2.47. The molecule has 0 aliphatic heterocycles. The molecule has 0 amide bonds. The predicted octanol–water partition coefficient (Wildman–Crippen LogP) is 3.24. The Balaban J connectivity index is 2.90. The summed E-state index contributed by atoms with van der Waals surface area (Å²) in [6, 6.07) is 3.60. The minimum Gasteiger partial charge on any atom is -0.258 e. The van der Waals surface area contributed by atoms with Crippen molar-refractivity contribution in [1.29, 1.82) is 0 Å². The second-order valence-electron chi connectivity index (χ2n) is 3.35. The van der Waals surface area contributed by atoms with Crippen LogP contribution in [-0.2, 0) is 0 Å². The van der Waals surface area contributed by atoms with E-state index in [4.69, 9.17) is 11.6 Å². The van der Waals surface area contributed by atoms with Gasteiger partial charge < -0.3 is 0 Å². The van der Waals surface area contributed by atoms with Crippen molar-refractivity contribution in [1.82, 2.24) is 4.98 Å². The molecule has 2 rings (SSSR count). The molecule has 1 aromatic carbocycles. The number of aromatic nitrogens is 1. The number of benzene rings is 1. The van der Waals surface area contributed by atoms with Gasteiger partial charge in [-0.1, -0.05) is 11.6 Å². The summed E-state index contributed by atoms with van der Waals surface area (Å²) in [4.78, 5) is 13.9. The van der Waals surface area contributed by atoms with Crippen LogP contribution >= 0.6 is 11.6 Å². The Morgan fingerprint density at radius 2 is 2.12 bits per heavy atom. The summed E-state index contributed by atoms with van der Waals surface area (Å²) >= 11 is 5.78. The average Bonchev–Trinajstić information content (AvgIpc) is 2.19. The third kappa shape index (κ3) is 1.69. The van der Waals surface area contributed by atoms with Crippen molar-refractivity contribution in [3.63, 3.8) is 0 Å². The predicted molar refractivity (Wildman–Crippen MR) is 58.1 cm³/mol. The van der Waals surface area contributed by atoms with Gasteiger partial charge >= 0.3 is 0 Å². The van der Waals surface area contributed by atoms with E-state index in [2.05, 4.69) is 4.98 Å². The maximum absolute atomic E-state index is 13.1. The molecule has 0 N–H and O–H groups in total. The van der Waals surface area contributed by atoms with Crippen LogP contribution in [0.15, 0.2) is 18.2 Å². The molecule has 0 radical (unpaired) electrons. The third-order valence-electron chi connectivity index (χ3n) is 2.19. The molecule has 82 valence electrons. The Morgan fingerprint density at radius 1 is 1.44 bits per heavy atom. The summed E-state index contributed by atoms with van der Waals surface area (Å²) in [5, 5.41) is 11.3. The van der Waals surface area contributed by atoms with E-state index in [-0.39, 0.29) is 16.4 Å². The number of halogens is 2. The van der Waals surface area contributed by atoms with Gasteiger partial charge in [0.25, 0.3) is 5.69 Å². The molecule has 0 aliphatic carbocycles. The molecular formula is C10H6ClFN2O2. The molecule has 0 saturated heterocycles. The van der Waals surface area contributed by atoms with Crippen LogP contribution in [-0.4, -0.2) is 9.91 Å². The minimum atomic E-state index is -0.677. The van der Waals surface area contributed by atoms with Gasteiger partial charge in [0, 0.05) is 5.39 Å². The van der Waals surface area contributed by atoms with E-state index < -0.39 is 10.7 Å². The maximum Gasteiger partial charge on any atom is 0.298 e. The average molecular weight is 241 g/mol. The summed E-state index contributed by atoms with van der Waals surface area (Å²) in [6.45, 7) is 1.70. The van der Waals surface area contributed by atoms with Crippen LogP contribution in [0.2, 0.25) is 5.15 Å². The molecule has 6 heteroatoms. The fourth-order valence-electron chi connectivity index (χ4n) is 1.46. The number of non-ortho nitro benzene ring substituents is 1. The standard InChI is InChI=1S/C10H6ClFN2O2/c1-5-2-6-3-7(12)4-8(14(15)16)9(6)13-10(5)11/h2-4H,1H3. The second-order valence-corrected chi connectivity index (χ2v) is 3.71. The first-order valence-electron chi connectivity index (χ1n) is 4.40. The molecule has 1 aromatic heterocycles. The lowest BCUT2D eigenvalue weighted by atomic mass is 10.1. The Hall–Kier alpha value is -1.75. The van der Waals surface area contributed by atoms with E-state index in [1.807, 2.05) is 0 Å². The highest BCUT2D eigenvalue weighted by molar-refractivity contribution is 6.30. The normalized spacial score (nSPS) is 10.7. The third-order valence-corrected chi connectivity index (χ3v) is 2.57. The lowest BCUT2D eigenvalue weighted by molar-refractivity contribution is -0.383. The zero-order valence-corrected chi connectivity index (χ0v) is 8.95. The lowest BCUT2D eigenvalue weighted by Crippen LogP contribution is -1.94. The van der Waals surface area contributed by atoms with Gasteiger partial charge in [-0.05, 0) is 24.6 Å². The van der Waals surface area contributed by atoms with Crippen molar-refractivity contribution < 1.29 is 9.31 Å². The SMILES string of the molecule is Cc1cc2cc(F)cc([N+](=O)[O-])c2nc1Cl. The van der Waals surface area contributed by atoms with E-state index in [9.17, 15) is 14.5 Å². The molecule has 0 saturated carbocycles. The molecule has 16 heavy (non-hydrogen) atoms. The summed E-state index contributed by atoms with van der Waals surface area (Å²) in [6.07, 6.45) is 0. The molecule has 0 aliphatic rings. The first-order valence-corrected chi connectivity index (χ1v) is 4.77. The van der Waals surface area contributed by atoms with Gasteiger partial charge in [-0.2, -0.15) is 0 Å². The molecule has 2 aromatic rings. The fourth-order valence-corrected chi connectivity index (χ4v) is 1.59. The highest BCUT2D eigenvalue weighted by Gasteiger charge is 2.16. The van der Waals surface area contributed by atoms with Crippen molar-refractivity contribution in [3.8, 4) is 0 Å². The zero-order chi connectivity index (χ0) is 11.9. The quantitative estimate of drug-likeness (QED) is 0.437. The van der Waals surface area contributed by atoms with Crippen molar-refractivity contribution in [3.05, 3.63) is 44.8 Å². The maximum atomic E-state index is 13.1. The summed E-state index contributed by atoms with van der Waals surface area (Å²) in [5.74, 6) is -0.664. The minimum absolute atomic E-state index is 0.0991. The van der Waals surface area contributed by atoms with Gasteiger partial charge in [0.05, 0.1) is 11.0 Å². The number of aryl methyl sites for hydroxylation is 1. The largest absolute Gasteiger partial charge is 0.298 e. The highest BCUT2D eigenvalue weighted by atomic mass is 35.5. The number of hydrogen-bond donors (Lipinski definition) is 0. The fraction of sp³-hybridized carbons (Fsp3) is 0.100. The van der Waals surface area contributed by atoms with Crippen LogP contribution in [0, 0.1) is 22.9 Å². The Morgan fingerprint density at radius 3 is 2.75 bits per heavy atom. The molecule has 1 heterocycles. The summed E-state index contributed by atoms with van der Waals surface area (Å²) < 4.78 is 13.1. The van der Waals surface area contributed by atoms with E-state index in [1.165, 1.54) is 6.07 Å². The Bertz CT molecular complexity index is 601. The van der Waals surface area contributed by atoms with Crippen LogP contribution in [0.5, 0.6) is 0 Å². The number of pyridine rings is 1. The van der Waals surface area contributed by atoms with Crippen LogP contribution < -0.4 is 0 Å². The highest BCUT2D eigenvalue weighted by Crippen LogP contribution is 2.28. The number of nitrogens with zero attached hydrogens (tertiary/aromatic N) is 2. The van der Waals surface area contributed by atoms with Crippen LogP contribution in [0.3, 0.4) is 0 Å². The molecule has 0 spiro atoms. The van der Waals surface area contributed by atoms with E-state index in [1.54, 1.807) is 13.0 Å². The van der Waals surface area contributed by atoms with Crippen molar-refractivity contribution >= 4 is 28.2 Å². The first-order chi connectivity index (χ1) is 7.49. The monoisotopic (exact) mass is 240 g/mol. The van der Waals surface area contributed by atoms with Gasteiger partial charge in [-0.15, -0.1) is 0 Å². The number of rotatable bonds is 1. The molecule has 0 fully saturated rings. The smallest absolute Gasteiger partial charge is 0.258 e. The van der Waals surface area contributed by atoms with Gasteiger partial charge in [0.1, 0.15) is 16.5 Å². The van der Waals surface area contributed by atoms with E-state index in [0.717, 1.165) is 6.07 Å². The number of hydrogen-bond acceptors (Lipinski definition) is 3. The summed E-state index contributed by atoms with van der Waals surface area (Å²) in [7, 11) is 0. The molecular weight excluding hydrogens is 235 g/mol. The van der Waals surface area contributed by atoms with Crippen LogP contribution in [0.4, 0.5) is 10.1 Å². The summed E-state index contributed by atoms with van der Waals surface area (Å²) in [5.41, 5.74) is 0.368. The molecule has 0 atom stereocenters. The van der Waals surface area contributed by atoms with Gasteiger partial charge in [-0.3, -0.25) is 10.1 Å². The van der Waals surface area contributed by atoms with Gasteiger partial charge in [-0.25, -0.2) is 9.37 Å². The van der Waals surface area contributed by atoms with E-state index >= 15 is 0 Å². The van der Waals surface area contributed by atoms with Crippen molar-refractivity contribution in [2.24, 2.45) is 0 Å². The number of nitro benzene ring substituents is 1. The van der Waals surface area contributed by atoms with Crippen molar-refractivity contribution in [2.75, 3.05) is 0 Å². The van der Waals surface area contributed by atoms with Gasteiger partial charge in [0.2, 0.25) is 0 Å². The first kappa shape index (κ1) is 10.8. The topological polar surface area (TPSA) is 56.0 Å². The van der Waals surface area contributed by atoms with Gasteiger partial charge in [0.15, 0.2) is 0 Å². The molecule has 4 nitrogen and oxygen atoms in total. The molecule has 0 unspecified atom stereocenters. The lowest BCUT2D eigenvalue weighted by Gasteiger charge is -2.02. The number of nitro groups is 1. The van der Waals surface area contributed by atoms with Crippen molar-refractivity contribution in [2.45, 2.75) is 6.92 Å². The van der Waals surface area contributed by atoms with Crippen LogP contribution in [0.25, 0.3) is 10.9 Å². The molecule has 0 bridgehead atoms. The van der Waals surface area contributed by atoms with Crippen LogP contribution in [0.1, 0.15) is 5.56 Å². The zero-order valence-electron chi connectivity index (χ0n) is 8.20. The Labute approximate surface area is 94.8 Å². The number of fused-ring (bicyclic) bond motifs is 1.